The van der Waals surface area contributed by atoms with Gasteiger partial charge in [-0.25, -0.2) is 4.68 Å². The van der Waals surface area contributed by atoms with Crippen LogP contribution < -0.4 is 4.74 Å². The van der Waals surface area contributed by atoms with Crippen molar-refractivity contribution in [2.24, 2.45) is 0 Å². The molecule has 4 aromatic rings. The lowest BCUT2D eigenvalue weighted by atomic mass is 10.2. The second-order valence-electron chi connectivity index (χ2n) is 5.65. The molecule has 2 aromatic carbocycles. The number of hydrogen-bond donors (Lipinski definition) is 0. The van der Waals surface area contributed by atoms with Gasteiger partial charge in [0.1, 0.15) is 17.5 Å². The number of para-hydroxylation sites is 1. The first kappa shape index (κ1) is 15.6. The van der Waals surface area contributed by atoms with Gasteiger partial charge in [-0.2, -0.15) is 0 Å². The lowest BCUT2D eigenvalue weighted by Gasteiger charge is -2.13. The number of hydrogen-bond acceptors (Lipinski definition) is 4. The van der Waals surface area contributed by atoms with Crippen LogP contribution in [0.3, 0.4) is 0 Å². The number of ether oxygens (including phenoxy) is 1. The van der Waals surface area contributed by atoms with Crippen LogP contribution in [-0.2, 0) is 0 Å². The summed E-state index contributed by atoms with van der Waals surface area (Å²) in [7, 11) is 0. The van der Waals surface area contributed by atoms with Crippen molar-refractivity contribution in [3.8, 4) is 11.4 Å². The van der Waals surface area contributed by atoms with E-state index >= 15 is 0 Å². The van der Waals surface area contributed by atoms with Crippen LogP contribution in [0, 0.1) is 0 Å². The summed E-state index contributed by atoms with van der Waals surface area (Å²) >= 11 is 5.92. The van der Waals surface area contributed by atoms with E-state index in [9.17, 15) is 0 Å². The minimum absolute atomic E-state index is 0.244. The second kappa shape index (κ2) is 6.53. The Hall–Kier alpha value is -2.92. The van der Waals surface area contributed by atoms with E-state index in [0.29, 0.717) is 5.02 Å². The van der Waals surface area contributed by atoms with Crippen LogP contribution in [-0.4, -0.2) is 20.0 Å². The fourth-order valence-electron chi connectivity index (χ4n) is 2.61. The molecule has 1 atom stereocenters. The Balaban J connectivity index is 1.59. The molecule has 124 valence electrons. The largest absolute Gasteiger partial charge is 0.484 e. The van der Waals surface area contributed by atoms with Gasteiger partial charge in [0.25, 0.3) is 0 Å². The maximum absolute atomic E-state index is 6.11. The molecule has 0 bridgehead atoms. The highest BCUT2D eigenvalue weighted by Gasteiger charge is 2.14. The van der Waals surface area contributed by atoms with Crippen molar-refractivity contribution in [1.29, 1.82) is 0 Å². The SMILES string of the molecule is C[C@@H](Oc1ccnc2ccccc12)c1cn(-c2ccc(Cl)cc2)nn1. The van der Waals surface area contributed by atoms with Gasteiger partial charge in [-0.05, 0) is 49.4 Å². The van der Waals surface area contributed by atoms with Crippen LogP contribution in [0.15, 0.2) is 67.0 Å². The highest BCUT2D eigenvalue weighted by molar-refractivity contribution is 6.30. The molecule has 4 rings (SSSR count). The molecular weight excluding hydrogens is 336 g/mol. The number of halogens is 1. The van der Waals surface area contributed by atoms with Gasteiger partial charge in [0, 0.05) is 16.6 Å². The number of rotatable bonds is 4. The summed E-state index contributed by atoms with van der Waals surface area (Å²) in [5.41, 5.74) is 2.54. The van der Waals surface area contributed by atoms with Gasteiger partial charge >= 0.3 is 0 Å². The van der Waals surface area contributed by atoms with Crippen molar-refractivity contribution in [3.63, 3.8) is 0 Å². The van der Waals surface area contributed by atoms with Crippen molar-refractivity contribution in [2.75, 3.05) is 0 Å². The third-order valence-electron chi connectivity index (χ3n) is 3.93. The zero-order valence-electron chi connectivity index (χ0n) is 13.5. The first-order valence-corrected chi connectivity index (χ1v) is 8.27. The quantitative estimate of drug-likeness (QED) is 0.539. The average Bonchev–Trinajstić information content (AvgIpc) is 3.13. The molecule has 0 fully saturated rings. The van der Waals surface area contributed by atoms with Gasteiger partial charge in [0.05, 0.1) is 17.4 Å². The number of benzene rings is 2. The molecule has 5 nitrogen and oxygen atoms in total. The lowest BCUT2D eigenvalue weighted by Crippen LogP contribution is -2.04. The molecule has 25 heavy (non-hydrogen) atoms. The lowest BCUT2D eigenvalue weighted by molar-refractivity contribution is 0.224. The standard InChI is InChI=1S/C19H15ClN4O/c1-13(25-19-10-11-21-17-5-3-2-4-16(17)19)18-12-24(23-22-18)15-8-6-14(20)7-9-15/h2-13H,1H3/t13-/m1/s1. The van der Waals surface area contributed by atoms with Gasteiger partial charge in [-0.15, -0.1) is 5.10 Å². The molecule has 0 N–H and O–H groups in total. The highest BCUT2D eigenvalue weighted by atomic mass is 35.5. The van der Waals surface area contributed by atoms with E-state index in [4.69, 9.17) is 16.3 Å². The topological polar surface area (TPSA) is 52.8 Å². The molecule has 6 heteroatoms. The monoisotopic (exact) mass is 350 g/mol. The van der Waals surface area contributed by atoms with E-state index in [1.165, 1.54) is 0 Å². The Bertz CT molecular complexity index is 1010. The molecule has 0 spiro atoms. The summed E-state index contributed by atoms with van der Waals surface area (Å²) < 4.78 is 7.81. The molecule has 0 aliphatic rings. The van der Waals surface area contributed by atoms with Crippen LogP contribution in [0.4, 0.5) is 0 Å². The van der Waals surface area contributed by atoms with Gasteiger partial charge in [-0.1, -0.05) is 28.9 Å². The predicted octanol–water partition coefficient (Wildman–Crippen LogP) is 4.61. The van der Waals surface area contributed by atoms with Crippen molar-refractivity contribution < 1.29 is 4.74 Å². The Morgan fingerprint density at radius 2 is 1.84 bits per heavy atom. The first-order chi connectivity index (χ1) is 12.2. The van der Waals surface area contributed by atoms with Crippen LogP contribution in [0.5, 0.6) is 5.75 Å². The third kappa shape index (κ3) is 3.19. The Labute approximate surface area is 149 Å². The molecule has 0 unspecified atom stereocenters. The highest BCUT2D eigenvalue weighted by Crippen LogP contribution is 2.27. The number of nitrogens with zero attached hydrogens (tertiary/aromatic N) is 4. The molecule has 2 aromatic heterocycles. The summed E-state index contributed by atoms with van der Waals surface area (Å²) in [6, 6.07) is 17.2. The van der Waals surface area contributed by atoms with Crippen molar-refractivity contribution in [2.45, 2.75) is 13.0 Å². The molecular formula is C19H15ClN4O. The van der Waals surface area contributed by atoms with E-state index in [0.717, 1.165) is 28.0 Å². The Morgan fingerprint density at radius 3 is 2.68 bits per heavy atom. The fourth-order valence-corrected chi connectivity index (χ4v) is 2.73. The molecule has 0 amide bonds. The Morgan fingerprint density at radius 1 is 1.04 bits per heavy atom. The maximum atomic E-state index is 6.11. The first-order valence-electron chi connectivity index (χ1n) is 7.89. The molecule has 0 aliphatic carbocycles. The molecule has 0 radical (unpaired) electrons. The number of fused-ring (bicyclic) bond motifs is 1. The second-order valence-corrected chi connectivity index (χ2v) is 6.09. The zero-order chi connectivity index (χ0) is 17.2. The summed E-state index contributed by atoms with van der Waals surface area (Å²) in [6.07, 6.45) is 3.36. The molecule has 2 heterocycles. The number of aromatic nitrogens is 4. The van der Waals surface area contributed by atoms with Gasteiger partial charge < -0.3 is 4.74 Å². The minimum atomic E-state index is -0.244. The molecule has 0 aliphatic heterocycles. The maximum Gasteiger partial charge on any atom is 0.141 e. The third-order valence-corrected chi connectivity index (χ3v) is 4.18. The van der Waals surface area contributed by atoms with E-state index in [-0.39, 0.29) is 6.10 Å². The van der Waals surface area contributed by atoms with E-state index in [1.807, 2.05) is 67.7 Å². The molecule has 0 saturated heterocycles. The van der Waals surface area contributed by atoms with Crippen molar-refractivity contribution in [3.05, 3.63) is 77.7 Å². The minimum Gasteiger partial charge on any atom is -0.484 e. The summed E-state index contributed by atoms with van der Waals surface area (Å²) in [5, 5.41) is 10.1. The summed E-state index contributed by atoms with van der Waals surface area (Å²) in [5.74, 6) is 0.777. The van der Waals surface area contributed by atoms with E-state index in [1.54, 1.807) is 10.9 Å². The van der Waals surface area contributed by atoms with Gasteiger partial charge in [0.15, 0.2) is 0 Å². The normalized spacial score (nSPS) is 12.2. The summed E-state index contributed by atoms with van der Waals surface area (Å²) in [6.45, 7) is 1.95. The predicted molar refractivity (Wildman–Crippen MR) is 97.2 cm³/mol. The van der Waals surface area contributed by atoms with Crippen LogP contribution in [0.25, 0.3) is 16.6 Å². The van der Waals surface area contributed by atoms with Crippen LogP contribution >= 0.6 is 11.6 Å². The van der Waals surface area contributed by atoms with E-state index < -0.39 is 0 Å². The summed E-state index contributed by atoms with van der Waals surface area (Å²) in [4.78, 5) is 4.35. The zero-order valence-corrected chi connectivity index (χ0v) is 14.3. The van der Waals surface area contributed by atoms with Crippen LogP contribution in [0.1, 0.15) is 18.7 Å². The molecule has 0 saturated carbocycles. The van der Waals surface area contributed by atoms with Gasteiger partial charge in [0.2, 0.25) is 0 Å². The number of pyridine rings is 1. The van der Waals surface area contributed by atoms with E-state index in [2.05, 4.69) is 15.3 Å². The van der Waals surface area contributed by atoms with Crippen molar-refractivity contribution >= 4 is 22.5 Å². The Kier molecular flexibility index (Phi) is 4.07. The average molecular weight is 351 g/mol. The fraction of sp³-hybridized carbons (Fsp3) is 0.105. The van der Waals surface area contributed by atoms with Crippen LogP contribution in [0.2, 0.25) is 5.02 Å². The van der Waals surface area contributed by atoms with Gasteiger partial charge in [-0.3, -0.25) is 4.98 Å². The smallest absolute Gasteiger partial charge is 0.141 e. The van der Waals surface area contributed by atoms with Crippen molar-refractivity contribution in [1.82, 2.24) is 20.0 Å².